The normalized spacial score (nSPS) is 12.7. The maximum absolute atomic E-state index is 9.79. The summed E-state index contributed by atoms with van der Waals surface area (Å²) in [5.41, 5.74) is 0.659. The lowest BCUT2D eigenvalue weighted by Gasteiger charge is -2.05. The largest absolute Gasteiger partial charge is 0.381 e. The van der Waals surface area contributed by atoms with Crippen LogP contribution in [-0.4, -0.2) is 14.5 Å². The van der Waals surface area contributed by atoms with E-state index in [-0.39, 0.29) is 0 Å². The van der Waals surface area contributed by atoms with Crippen LogP contribution in [0.5, 0.6) is 0 Å². The number of hydrogen-bond acceptors (Lipinski definition) is 4. The van der Waals surface area contributed by atoms with Crippen LogP contribution in [0.3, 0.4) is 0 Å². The van der Waals surface area contributed by atoms with Crippen LogP contribution in [-0.2, 0) is 0 Å². The zero-order valence-electron chi connectivity index (χ0n) is 6.79. The van der Waals surface area contributed by atoms with E-state index in [4.69, 9.17) is 0 Å². The molecule has 0 saturated carbocycles. The number of rotatable bonds is 2. The lowest BCUT2D eigenvalue weighted by molar-refractivity contribution is 0.219. The van der Waals surface area contributed by atoms with Crippen molar-refractivity contribution in [2.75, 3.05) is 0 Å². The summed E-state index contributed by atoms with van der Waals surface area (Å²) in [4.78, 5) is 4.88. The molecule has 2 rings (SSSR count). The van der Waals surface area contributed by atoms with Gasteiger partial charge in [0.05, 0.1) is 10.6 Å². The molecule has 0 aliphatic carbocycles. The fourth-order valence-corrected chi connectivity index (χ4v) is 1.64. The zero-order chi connectivity index (χ0) is 9.10. The lowest BCUT2D eigenvalue weighted by atomic mass is 10.2. The molecule has 0 aromatic carbocycles. The molecule has 2 aromatic heterocycles. The minimum Gasteiger partial charge on any atom is -0.381 e. The highest BCUT2D eigenvalue weighted by atomic mass is 32.1. The zero-order valence-corrected chi connectivity index (χ0v) is 7.61. The fourth-order valence-electron chi connectivity index (χ4n) is 1.05. The van der Waals surface area contributed by atoms with E-state index in [0.717, 1.165) is 4.88 Å². The molecule has 4 heteroatoms. The van der Waals surface area contributed by atoms with Crippen LogP contribution in [0.2, 0.25) is 0 Å². The van der Waals surface area contributed by atoms with Crippen LogP contribution >= 0.6 is 11.5 Å². The molecule has 0 bridgehead atoms. The van der Waals surface area contributed by atoms with Gasteiger partial charge in [-0.15, -0.1) is 0 Å². The molecule has 1 N–H and O–H groups in total. The summed E-state index contributed by atoms with van der Waals surface area (Å²) >= 11 is 1.29. The van der Waals surface area contributed by atoms with Gasteiger partial charge in [-0.3, -0.25) is 4.98 Å². The van der Waals surface area contributed by atoms with Crippen molar-refractivity contribution in [1.82, 2.24) is 9.36 Å². The number of pyridine rings is 1. The number of aliphatic hydroxyl groups excluding tert-OH is 1. The van der Waals surface area contributed by atoms with Gasteiger partial charge in [-0.05, 0) is 29.7 Å². The second-order valence-electron chi connectivity index (χ2n) is 2.57. The molecular weight excluding hydrogens is 184 g/mol. The predicted octanol–water partition coefficient (Wildman–Crippen LogP) is 1.62. The Balaban J connectivity index is 2.29. The Hall–Kier alpha value is -1.26. The minimum absolute atomic E-state index is 0.645. The molecule has 3 nitrogen and oxygen atoms in total. The highest BCUT2D eigenvalue weighted by molar-refractivity contribution is 7.05. The first-order valence-electron chi connectivity index (χ1n) is 3.87. The van der Waals surface area contributed by atoms with E-state index in [1.165, 1.54) is 11.5 Å². The average Bonchev–Trinajstić information content (AvgIpc) is 2.71. The molecule has 0 saturated heterocycles. The summed E-state index contributed by atoms with van der Waals surface area (Å²) in [6, 6.07) is 7.27. The number of nitrogens with zero attached hydrogens (tertiary/aromatic N) is 2. The minimum atomic E-state index is -0.645. The van der Waals surface area contributed by atoms with Gasteiger partial charge in [0.25, 0.3) is 0 Å². The van der Waals surface area contributed by atoms with E-state index in [1.807, 2.05) is 12.1 Å². The molecule has 0 fully saturated rings. The second-order valence-corrected chi connectivity index (χ2v) is 3.44. The van der Waals surface area contributed by atoms with Gasteiger partial charge in [-0.2, -0.15) is 0 Å². The van der Waals surface area contributed by atoms with Crippen molar-refractivity contribution in [2.24, 2.45) is 0 Å². The quantitative estimate of drug-likeness (QED) is 0.786. The van der Waals surface area contributed by atoms with E-state index in [2.05, 4.69) is 9.36 Å². The Kier molecular flexibility index (Phi) is 2.33. The summed E-state index contributed by atoms with van der Waals surface area (Å²) in [6.45, 7) is 0. The van der Waals surface area contributed by atoms with Gasteiger partial charge in [0.15, 0.2) is 0 Å². The number of hydrogen-bond donors (Lipinski definition) is 1. The SMILES string of the molecule is OC(c1ccccn1)c1ccns1. The maximum atomic E-state index is 9.79. The molecule has 13 heavy (non-hydrogen) atoms. The molecule has 0 amide bonds. The summed E-state index contributed by atoms with van der Waals surface area (Å²) in [6.07, 6.45) is 2.69. The lowest BCUT2D eigenvalue weighted by Crippen LogP contribution is -1.98. The molecule has 0 spiro atoms. The van der Waals surface area contributed by atoms with Crippen molar-refractivity contribution in [3.05, 3.63) is 47.2 Å². The highest BCUT2D eigenvalue weighted by Crippen LogP contribution is 2.21. The molecule has 1 atom stereocenters. The van der Waals surface area contributed by atoms with Gasteiger partial charge in [0.2, 0.25) is 0 Å². The molecule has 0 aliphatic rings. The van der Waals surface area contributed by atoms with E-state index in [0.29, 0.717) is 5.69 Å². The van der Waals surface area contributed by atoms with Crippen LogP contribution in [0.15, 0.2) is 36.7 Å². The number of aliphatic hydroxyl groups is 1. The van der Waals surface area contributed by atoms with Crippen LogP contribution in [0.4, 0.5) is 0 Å². The van der Waals surface area contributed by atoms with Crippen LogP contribution in [0.25, 0.3) is 0 Å². The van der Waals surface area contributed by atoms with Crippen LogP contribution < -0.4 is 0 Å². The average molecular weight is 192 g/mol. The van der Waals surface area contributed by atoms with Gasteiger partial charge >= 0.3 is 0 Å². The monoisotopic (exact) mass is 192 g/mol. The van der Waals surface area contributed by atoms with E-state index < -0.39 is 6.10 Å². The third kappa shape index (κ3) is 1.74. The molecule has 1 unspecified atom stereocenters. The van der Waals surface area contributed by atoms with Crippen molar-refractivity contribution in [3.8, 4) is 0 Å². The van der Waals surface area contributed by atoms with Crippen molar-refractivity contribution in [1.29, 1.82) is 0 Å². The van der Waals surface area contributed by atoms with Gasteiger partial charge in [0.1, 0.15) is 6.10 Å². The first-order chi connectivity index (χ1) is 6.38. The van der Waals surface area contributed by atoms with Crippen LogP contribution in [0, 0.1) is 0 Å². The summed E-state index contributed by atoms with van der Waals surface area (Å²) in [7, 11) is 0. The van der Waals surface area contributed by atoms with E-state index >= 15 is 0 Å². The Bertz CT molecular complexity index is 360. The molecule has 66 valence electrons. The van der Waals surface area contributed by atoms with Gasteiger partial charge in [-0.25, -0.2) is 4.37 Å². The van der Waals surface area contributed by atoms with Crippen LogP contribution in [0.1, 0.15) is 16.7 Å². The molecule has 2 heterocycles. The van der Waals surface area contributed by atoms with E-state index in [9.17, 15) is 5.11 Å². The number of aromatic nitrogens is 2. The third-order valence-electron chi connectivity index (χ3n) is 1.70. The molecular formula is C9H8N2OS. The smallest absolute Gasteiger partial charge is 0.132 e. The Morgan fingerprint density at radius 1 is 1.23 bits per heavy atom. The van der Waals surface area contributed by atoms with Crippen molar-refractivity contribution < 1.29 is 5.11 Å². The van der Waals surface area contributed by atoms with Gasteiger partial charge in [-0.1, -0.05) is 6.07 Å². The standard InChI is InChI=1S/C9H8N2OS/c12-9(8-4-6-11-13-8)7-3-1-2-5-10-7/h1-6,9,12H. The highest BCUT2D eigenvalue weighted by Gasteiger charge is 2.12. The third-order valence-corrected chi connectivity index (χ3v) is 2.49. The first-order valence-corrected chi connectivity index (χ1v) is 4.65. The Morgan fingerprint density at radius 2 is 2.15 bits per heavy atom. The fraction of sp³-hybridized carbons (Fsp3) is 0.111. The summed E-state index contributed by atoms with van der Waals surface area (Å²) in [5.74, 6) is 0. The first kappa shape index (κ1) is 8.34. The Labute approximate surface area is 79.9 Å². The molecule has 0 radical (unpaired) electrons. The summed E-state index contributed by atoms with van der Waals surface area (Å²) in [5, 5.41) is 9.79. The predicted molar refractivity (Wildman–Crippen MR) is 50.4 cm³/mol. The van der Waals surface area contributed by atoms with Gasteiger partial charge in [0, 0.05) is 12.4 Å². The summed E-state index contributed by atoms with van der Waals surface area (Å²) < 4.78 is 3.92. The van der Waals surface area contributed by atoms with Crippen molar-refractivity contribution >= 4 is 11.5 Å². The van der Waals surface area contributed by atoms with Crippen molar-refractivity contribution in [2.45, 2.75) is 6.10 Å². The second kappa shape index (κ2) is 3.64. The maximum Gasteiger partial charge on any atom is 0.132 e. The molecule has 0 aliphatic heterocycles. The topological polar surface area (TPSA) is 46.0 Å². The van der Waals surface area contributed by atoms with Gasteiger partial charge < -0.3 is 5.11 Å². The van der Waals surface area contributed by atoms with E-state index in [1.54, 1.807) is 24.5 Å². The molecule has 2 aromatic rings. The van der Waals surface area contributed by atoms with Crippen molar-refractivity contribution in [3.63, 3.8) is 0 Å². The Morgan fingerprint density at radius 3 is 2.77 bits per heavy atom.